The number of nitrogens with one attached hydrogen (secondary N) is 2. The first-order valence-electron chi connectivity index (χ1n) is 5.84. The number of carboxylic acid groups (broad SMARTS) is 1. The van der Waals surface area contributed by atoms with E-state index in [2.05, 4.69) is 10.6 Å². The number of carboxylic acids is 1. The number of carbonyl (C=O) groups is 2. The molecular formula is C11H20N2O3. The van der Waals surface area contributed by atoms with Gasteiger partial charge in [0.1, 0.15) is 6.04 Å². The van der Waals surface area contributed by atoms with Crippen LogP contribution in [0.3, 0.4) is 0 Å². The molecular weight excluding hydrogens is 208 g/mol. The molecule has 0 saturated heterocycles. The van der Waals surface area contributed by atoms with Gasteiger partial charge in [0.2, 0.25) is 0 Å². The molecule has 0 aromatic rings. The highest BCUT2D eigenvalue weighted by Gasteiger charge is 2.27. The van der Waals surface area contributed by atoms with Crippen molar-refractivity contribution in [2.75, 3.05) is 0 Å². The second kappa shape index (κ2) is 5.72. The number of hydrogen-bond donors (Lipinski definition) is 3. The van der Waals surface area contributed by atoms with Gasteiger partial charge in [0.25, 0.3) is 0 Å². The largest absolute Gasteiger partial charge is 0.480 e. The summed E-state index contributed by atoms with van der Waals surface area (Å²) < 4.78 is 0. The molecule has 2 atom stereocenters. The zero-order chi connectivity index (χ0) is 12.1. The lowest BCUT2D eigenvalue weighted by Crippen LogP contribution is -2.52. The summed E-state index contributed by atoms with van der Waals surface area (Å²) in [4.78, 5) is 22.5. The molecule has 0 aliphatic heterocycles. The van der Waals surface area contributed by atoms with E-state index in [4.69, 9.17) is 5.11 Å². The van der Waals surface area contributed by atoms with Crippen LogP contribution in [-0.4, -0.2) is 29.2 Å². The Labute approximate surface area is 95.6 Å². The Balaban J connectivity index is 2.40. The SMILES string of the molecule is CC[C@H](C)[C@H](NC(=O)NC1CCC1)C(=O)O. The molecule has 0 aromatic carbocycles. The molecule has 0 aromatic heterocycles. The summed E-state index contributed by atoms with van der Waals surface area (Å²) in [6.45, 7) is 3.73. The van der Waals surface area contributed by atoms with Gasteiger partial charge >= 0.3 is 12.0 Å². The van der Waals surface area contributed by atoms with E-state index in [9.17, 15) is 9.59 Å². The van der Waals surface area contributed by atoms with E-state index in [1.54, 1.807) is 0 Å². The number of rotatable bonds is 5. The van der Waals surface area contributed by atoms with Crippen LogP contribution in [0.4, 0.5) is 4.79 Å². The van der Waals surface area contributed by atoms with Gasteiger partial charge in [-0.05, 0) is 25.2 Å². The maximum absolute atomic E-state index is 11.5. The minimum Gasteiger partial charge on any atom is -0.480 e. The number of hydrogen-bond acceptors (Lipinski definition) is 2. The van der Waals surface area contributed by atoms with Gasteiger partial charge in [-0.3, -0.25) is 0 Å². The van der Waals surface area contributed by atoms with Crippen LogP contribution < -0.4 is 10.6 Å². The molecule has 1 saturated carbocycles. The van der Waals surface area contributed by atoms with Crippen molar-refractivity contribution in [1.82, 2.24) is 10.6 Å². The molecule has 5 heteroatoms. The molecule has 5 nitrogen and oxygen atoms in total. The van der Waals surface area contributed by atoms with Crippen molar-refractivity contribution in [2.24, 2.45) is 5.92 Å². The predicted molar refractivity (Wildman–Crippen MR) is 60.2 cm³/mol. The van der Waals surface area contributed by atoms with Gasteiger partial charge in [0, 0.05) is 6.04 Å². The Hall–Kier alpha value is -1.26. The fourth-order valence-corrected chi connectivity index (χ4v) is 1.60. The van der Waals surface area contributed by atoms with Crippen molar-refractivity contribution in [3.63, 3.8) is 0 Å². The topological polar surface area (TPSA) is 78.4 Å². The summed E-state index contributed by atoms with van der Waals surface area (Å²) in [6, 6.07) is -0.936. The molecule has 0 unspecified atom stereocenters. The van der Waals surface area contributed by atoms with Crippen LogP contribution in [0.5, 0.6) is 0 Å². The van der Waals surface area contributed by atoms with Crippen LogP contribution >= 0.6 is 0 Å². The fraction of sp³-hybridized carbons (Fsp3) is 0.818. The Morgan fingerprint density at radius 3 is 2.44 bits per heavy atom. The van der Waals surface area contributed by atoms with Gasteiger partial charge in [-0.2, -0.15) is 0 Å². The summed E-state index contributed by atoms with van der Waals surface area (Å²) in [5.74, 6) is -1.04. The summed E-state index contributed by atoms with van der Waals surface area (Å²) in [5.41, 5.74) is 0. The standard InChI is InChI=1S/C11H20N2O3/c1-3-7(2)9(10(14)15)13-11(16)12-8-5-4-6-8/h7-9H,3-6H2,1-2H3,(H,14,15)(H2,12,13,16)/t7-,9-/m0/s1. The second-order valence-electron chi connectivity index (χ2n) is 4.45. The van der Waals surface area contributed by atoms with Crippen LogP contribution in [0.2, 0.25) is 0 Å². The molecule has 92 valence electrons. The molecule has 1 aliphatic rings. The smallest absolute Gasteiger partial charge is 0.326 e. The monoisotopic (exact) mass is 228 g/mol. The van der Waals surface area contributed by atoms with Crippen LogP contribution in [-0.2, 0) is 4.79 Å². The number of aliphatic carboxylic acids is 1. The molecule has 3 N–H and O–H groups in total. The Morgan fingerprint density at radius 1 is 1.44 bits per heavy atom. The van der Waals surface area contributed by atoms with Crippen molar-refractivity contribution in [3.05, 3.63) is 0 Å². The average molecular weight is 228 g/mol. The number of amides is 2. The molecule has 1 fully saturated rings. The van der Waals surface area contributed by atoms with Gasteiger partial charge in [0.15, 0.2) is 0 Å². The highest BCUT2D eigenvalue weighted by Crippen LogP contribution is 2.17. The fourth-order valence-electron chi connectivity index (χ4n) is 1.60. The average Bonchev–Trinajstić information content (AvgIpc) is 2.18. The third-order valence-corrected chi connectivity index (χ3v) is 3.21. The zero-order valence-corrected chi connectivity index (χ0v) is 9.82. The van der Waals surface area contributed by atoms with E-state index in [0.29, 0.717) is 0 Å². The van der Waals surface area contributed by atoms with E-state index in [1.165, 1.54) is 0 Å². The normalized spacial score (nSPS) is 19.4. The lowest BCUT2D eigenvalue weighted by molar-refractivity contribution is -0.140. The van der Waals surface area contributed by atoms with E-state index in [-0.39, 0.29) is 18.0 Å². The molecule has 0 bridgehead atoms. The minimum atomic E-state index is -0.974. The number of carbonyl (C=O) groups excluding carboxylic acids is 1. The lowest BCUT2D eigenvalue weighted by Gasteiger charge is -2.28. The molecule has 2 amide bonds. The third-order valence-electron chi connectivity index (χ3n) is 3.21. The molecule has 1 aliphatic carbocycles. The maximum Gasteiger partial charge on any atom is 0.326 e. The molecule has 1 rings (SSSR count). The highest BCUT2D eigenvalue weighted by molar-refractivity contribution is 5.82. The first-order valence-corrected chi connectivity index (χ1v) is 5.84. The van der Waals surface area contributed by atoms with Crippen LogP contribution in [0.1, 0.15) is 39.5 Å². The Kier molecular flexibility index (Phi) is 4.58. The number of urea groups is 1. The van der Waals surface area contributed by atoms with Gasteiger partial charge in [-0.1, -0.05) is 20.3 Å². The van der Waals surface area contributed by atoms with Crippen molar-refractivity contribution in [2.45, 2.75) is 51.6 Å². The van der Waals surface area contributed by atoms with E-state index < -0.39 is 12.0 Å². The summed E-state index contributed by atoms with van der Waals surface area (Å²) >= 11 is 0. The van der Waals surface area contributed by atoms with E-state index in [0.717, 1.165) is 25.7 Å². The molecule has 0 radical (unpaired) electrons. The van der Waals surface area contributed by atoms with Crippen molar-refractivity contribution < 1.29 is 14.7 Å². The van der Waals surface area contributed by atoms with Crippen LogP contribution in [0.15, 0.2) is 0 Å². The summed E-state index contributed by atoms with van der Waals surface area (Å²) in [6.07, 6.45) is 3.85. The molecule has 0 heterocycles. The van der Waals surface area contributed by atoms with Gasteiger partial charge in [-0.25, -0.2) is 9.59 Å². The van der Waals surface area contributed by atoms with Crippen LogP contribution in [0.25, 0.3) is 0 Å². The van der Waals surface area contributed by atoms with Crippen molar-refractivity contribution >= 4 is 12.0 Å². The van der Waals surface area contributed by atoms with Crippen molar-refractivity contribution in [1.29, 1.82) is 0 Å². The quantitative estimate of drug-likeness (QED) is 0.664. The van der Waals surface area contributed by atoms with Gasteiger partial charge in [-0.15, -0.1) is 0 Å². The minimum absolute atomic E-state index is 0.0651. The van der Waals surface area contributed by atoms with E-state index >= 15 is 0 Å². The summed E-state index contributed by atoms with van der Waals surface area (Å²) in [5, 5.41) is 14.3. The van der Waals surface area contributed by atoms with Gasteiger partial charge < -0.3 is 15.7 Å². The first-order chi connectivity index (χ1) is 7.54. The van der Waals surface area contributed by atoms with Crippen molar-refractivity contribution in [3.8, 4) is 0 Å². The van der Waals surface area contributed by atoms with Crippen LogP contribution in [0, 0.1) is 5.92 Å². The Bertz CT molecular complexity index is 264. The highest BCUT2D eigenvalue weighted by atomic mass is 16.4. The Morgan fingerprint density at radius 2 is 2.06 bits per heavy atom. The summed E-state index contributed by atoms with van der Waals surface area (Å²) in [7, 11) is 0. The maximum atomic E-state index is 11.5. The first kappa shape index (κ1) is 12.8. The predicted octanol–water partition coefficient (Wildman–Crippen LogP) is 1.34. The molecule has 0 spiro atoms. The van der Waals surface area contributed by atoms with Gasteiger partial charge in [0.05, 0.1) is 0 Å². The molecule has 16 heavy (non-hydrogen) atoms. The second-order valence-corrected chi connectivity index (χ2v) is 4.45. The third kappa shape index (κ3) is 3.40. The van der Waals surface area contributed by atoms with E-state index in [1.807, 2.05) is 13.8 Å². The lowest BCUT2D eigenvalue weighted by atomic mass is 9.93. The zero-order valence-electron chi connectivity index (χ0n) is 9.82.